The van der Waals surface area contributed by atoms with Crippen molar-refractivity contribution in [2.75, 3.05) is 18.9 Å². The lowest BCUT2D eigenvalue weighted by atomic mass is 10.1. The third kappa shape index (κ3) is 7.74. The van der Waals surface area contributed by atoms with E-state index in [2.05, 4.69) is 23.2 Å². The Kier molecular flexibility index (Phi) is 11.4. The van der Waals surface area contributed by atoms with Gasteiger partial charge in [-0.15, -0.1) is 34.0 Å². The summed E-state index contributed by atoms with van der Waals surface area (Å²) in [6, 6.07) is 26.3. The molecule has 234 valence electrons. The number of carbonyl (C=O) groups is 2. The molecule has 7 rings (SSSR count). The number of nitrogens with two attached hydrogens (primary N) is 1. The summed E-state index contributed by atoms with van der Waals surface area (Å²) in [5.74, 6) is -1.28. The fraction of sp³-hybridized carbons (Fsp3) is 0.139. The molecule has 0 fully saturated rings. The van der Waals surface area contributed by atoms with Gasteiger partial charge in [0.05, 0.1) is 34.1 Å². The van der Waals surface area contributed by atoms with Gasteiger partial charge in [0.2, 0.25) is 0 Å². The zero-order valence-corrected chi connectivity index (χ0v) is 28.4. The molecule has 6 nitrogen and oxygen atoms in total. The molecule has 7 aromatic rings. The Labute approximate surface area is 283 Å². The van der Waals surface area contributed by atoms with Gasteiger partial charge >= 0.3 is 11.9 Å². The summed E-state index contributed by atoms with van der Waals surface area (Å²) in [6.45, 7) is 3.84. The number of hydrogen-bond acceptors (Lipinski definition) is 9. The van der Waals surface area contributed by atoms with Crippen LogP contribution in [0.25, 0.3) is 40.5 Å². The first-order valence-corrected chi connectivity index (χ1v) is 17.5. The molecule has 0 saturated heterocycles. The fourth-order valence-electron chi connectivity index (χ4n) is 4.64. The van der Waals surface area contributed by atoms with Gasteiger partial charge in [-0.25, -0.2) is 9.59 Å². The molecule has 0 bridgehead atoms. The number of carbonyl (C=O) groups excluding carboxylic acids is 2. The van der Waals surface area contributed by atoms with Crippen LogP contribution in [-0.2, 0) is 25.5 Å². The van der Waals surface area contributed by atoms with Gasteiger partial charge in [0.15, 0.2) is 0 Å². The van der Waals surface area contributed by atoms with Crippen LogP contribution in [0, 0.1) is 0 Å². The largest absolute Gasteiger partial charge is 0.462 e. The first-order valence-electron chi connectivity index (χ1n) is 14.5. The number of nitrogen functional groups attached to an aromatic ring is 1. The number of anilines is 1. The molecular formula is C36H31ClN2O4S3. The molecule has 0 spiro atoms. The highest BCUT2D eigenvalue weighted by Gasteiger charge is 2.20. The van der Waals surface area contributed by atoms with E-state index in [1.54, 1.807) is 60.1 Å². The lowest BCUT2D eigenvalue weighted by Crippen LogP contribution is -2.18. The number of hydrogen-bond donors (Lipinski definition) is 1. The third-order valence-electron chi connectivity index (χ3n) is 6.80. The van der Waals surface area contributed by atoms with E-state index in [0.717, 1.165) is 31.9 Å². The van der Waals surface area contributed by atoms with Gasteiger partial charge < -0.3 is 15.2 Å². The Hall–Kier alpha value is -4.28. The van der Waals surface area contributed by atoms with Crippen molar-refractivity contribution in [2.45, 2.75) is 20.3 Å². The molecule has 0 aliphatic heterocycles. The molecule has 0 aliphatic rings. The van der Waals surface area contributed by atoms with Crippen molar-refractivity contribution in [3.05, 3.63) is 118 Å². The molecule has 10 heteroatoms. The predicted molar refractivity (Wildman–Crippen MR) is 195 cm³/mol. The second-order valence-electron chi connectivity index (χ2n) is 9.78. The minimum absolute atomic E-state index is 0.0426. The average Bonchev–Trinajstić information content (AvgIpc) is 3.78. The number of benzene rings is 3. The second-order valence-corrected chi connectivity index (χ2v) is 13.1. The average molecular weight is 687 g/mol. The molecule has 4 aromatic heterocycles. The molecule has 0 unspecified atom stereocenters. The third-order valence-corrected chi connectivity index (χ3v) is 10.4. The SMILES string of the molecule is CCOC(=O)C(=CCc1csc2ccccc12)C(=O)OCC.Clc1ccnc2c1sc1ccccc12.Nc1csc2ccccc12. The summed E-state index contributed by atoms with van der Waals surface area (Å²) in [4.78, 5) is 28.1. The number of halogens is 1. The van der Waals surface area contributed by atoms with Crippen molar-refractivity contribution in [3.63, 3.8) is 0 Å². The van der Waals surface area contributed by atoms with E-state index in [9.17, 15) is 9.59 Å². The molecule has 4 heterocycles. The van der Waals surface area contributed by atoms with Gasteiger partial charge in [0.1, 0.15) is 5.57 Å². The molecule has 46 heavy (non-hydrogen) atoms. The Bertz CT molecular complexity index is 2130. The van der Waals surface area contributed by atoms with Gasteiger partial charge in [0, 0.05) is 36.4 Å². The maximum Gasteiger partial charge on any atom is 0.345 e. The van der Waals surface area contributed by atoms with E-state index in [0.29, 0.717) is 6.42 Å². The van der Waals surface area contributed by atoms with Gasteiger partial charge in [-0.2, -0.15) is 0 Å². The second kappa shape index (κ2) is 15.8. The Morgan fingerprint density at radius 3 is 2.00 bits per heavy atom. The summed E-state index contributed by atoms with van der Waals surface area (Å²) in [5, 5.41) is 8.30. The molecule has 3 aromatic carbocycles. The Morgan fingerprint density at radius 2 is 1.35 bits per heavy atom. The van der Waals surface area contributed by atoms with Crippen LogP contribution in [0.4, 0.5) is 5.69 Å². The summed E-state index contributed by atoms with van der Waals surface area (Å²) in [6.07, 6.45) is 3.82. The minimum atomic E-state index is -0.638. The van der Waals surface area contributed by atoms with Crippen LogP contribution in [0.5, 0.6) is 0 Å². The van der Waals surface area contributed by atoms with Crippen LogP contribution >= 0.6 is 45.6 Å². The van der Waals surface area contributed by atoms with E-state index < -0.39 is 11.9 Å². The number of allylic oxidation sites excluding steroid dienone is 1. The van der Waals surface area contributed by atoms with Gasteiger partial charge in [-0.3, -0.25) is 4.98 Å². The number of thiophene rings is 3. The van der Waals surface area contributed by atoms with Gasteiger partial charge in [-0.05, 0) is 60.9 Å². The summed E-state index contributed by atoms with van der Waals surface area (Å²) in [7, 11) is 0. The van der Waals surface area contributed by atoms with Crippen molar-refractivity contribution >= 4 is 104 Å². The molecule has 0 aliphatic carbocycles. The Morgan fingerprint density at radius 1 is 0.783 bits per heavy atom. The van der Waals surface area contributed by atoms with Crippen LogP contribution in [0.2, 0.25) is 5.02 Å². The maximum atomic E-state index is 11.9. The molecule has 0 saturated carbocycles. The number of nitrogens with zero attached hydrogens (tertiary/aromatic N) is 1. The number of ether oxygens (including phenoxy) is 2. The summed E-state index contributed by atoms with van der Waals surface area (Å²) in [5.41, 5.74) is 8.62. The first-order chi connectivity index (χ1) is 22.4. The van der Waals surface area contributed by atoms with Crippen molar-refractivity contribution in [1.82, 2.24) is 4.98 Å². The normalized spacial score (nSPS) is 10.6. The highest BCUT2D eigenvalue weighted by Crippen LogP contribution is 2.36. The fourth-order valence-corrected chi connectivity index (χ4v) is 7.80. The minimum Gasteiger partial charge on any atom is -0.462 e. The zero-order chi connectivity index (χ0) is 32.5. The topological polar surface area (TPSA) is 91.5 Å². The molecule has 0 atom stereocenters. The van der Waals surface area contributed by atoms with E-state index in [-0.39, 0.29) is 18.8 Å². The summed E-state index contributed by atoms with van der Waals surface area (Å²) < 4.78 is 14.6. The number of aromatic nitrogens is 1. The lowest BCUT2D eigenvalue weighted by molar-refractivity contribution is -0.146. The van der Waals surface area contributed by atoms with Crippen LogP contribution in [0.1, 0.15) is 19.4 Å². The molecule has 0 amide bonds. The van der Waals surface area contributed by atoms with Gasteiger partial charge in [-0.1, -0.05) is 72.3 Å². The number of rotatable bonds is 6. The van der Waals surface area contributed by atoms with Crippen molar-refractivity contribution in [1.29, 1.82) is 0 Å². The van der Waals surface area contributed by atoms with Crippen molar-refractivity contribution < 1.29 is 19.1 Å². The smallest absolute Gasteiger partial charge is 0.345 e. The number of pyridine rings is 1. The van der Waals surface area contributed by atoms with E-state index in [1.807, 2.05) is 71.4 Å². The van der Waals surface area contributed by atoms with Crippen LogP contribution < -0.4 is 5.73 Å². The number of fused-ring (bicyclic) bond motifs is 5. The predicted octanol–water partition coefficient (Wildman–Crippen LogP) is 10.1. The summed E-state index contributed by atoms with van der Waals surface area (Å²) >= 11 is 11.1. The maximum absolute atomic E-state index is 11.9. The quantitative estimate of drug-likeness (QED) is 0.0810. The first kappa shape index (κ1) is 33.1. The monoisotopic (exact) mass is 686 g/mol. The molecular weight excluding hydrogens is 656 g/mol. The highest BCUT2D eigenvalue weighted by molar-refractivity contribution is 7.26. The van der Waals surface area contributed by atoms with Crippen LogP contribution in [-0.4, -0.2) is 30.1 Å². The lowest BCUT2D eigenvalue weighted by Gasteiger charge is -2.06. The van der Waals surface area contributed by atoms with Crippen molar-refractivity contribution in [2.24, 2.45) is 0 Å². The van der Waals surface area contributed by atoms with E-state index in [1.165, 1.54) is 24.9 Å². The molecule has 0 radical (unpaired) electrons. The van der Waals surface area contributed by atoms with Crippen LogP contribution in [0.15, 0.2) is 107 Å². The highest BCUT2D eigenvalue weighted by atomic mass is 35.5. The van der Waals surface area contributed by atoms with E-state index >= 15 is 0 Å². The van der Waals surface area contributed by atoms with Crippen LogP contribution in [0.3, 0.4) is 0 Å². The zero-order valence-electron chi connectivity index (χ0n) is 25.2. The Balaban J connectivity index is 0.000000147. The van der Waals surface area contributed by atoms with E-state index in [4.69, 9.17) is 26.8 Å². The van der Waals surface area contributed by atoms with Gasteiger partial charge in [0.25, 0.3) is 0 Å². The standard InChI is InChI=1S/C17H18O4S.C11H6ClNS.C8H7NS/c1-3-20-16(18)14(17(19)21-4-2)10-9-12-11-22-15-8-6-5-7-13(12)15;12-8-5-6-13-10-7-3-1-2-4-9(7)14-11(8)10;9-7-5-10-8-4-2-1-3-6(7)8/h5-8,10-11H,3-4,9H2,1-2H3;1-6H;1-5H,9H2. The molecule has 2 N–H and O–H groups in total. The van der Waals surface area contributed by atoms with Crippen molar-refractivity contribution in [3.8, 4) is 0 Å². The number of esters is 2.